The molecule has 2 unspecified atom stereocenters. The van der Waals surface area contributed by atoms with Crippen LogP contribution in [0.5, 0.6) is 0 Å². The summed E-state index contributed by atoms with van der Waals surface area (Å²) < 4.78 is 6.93. The molecule has 5 rings (SSSR count). The fourth-order valence-corrected chi connectivity index (χ4v) is 6.84. The molecular formula is C19H17BIN2O-. The average Bonchev–Trinajstić information content (AvgIpc) is 2.95. The van der Waals surface area contributed by atoms with Gasteiger partial charge in [0.25, 0.3) is 0 Å². The van der Waals surface area contributed by atoms with Crippen molar-refractivity contribution >= 4 is 12.5 Å². The number of hydrogen-bond acceptors (Lipinski definition) is 1. The van der Waals surface area contributed by atoms with Crippen molar-refractivity contribution in [1.82, 2.24) is 9.27 Å². The van der Waals surface area contributed by atoms with Crippen molar-refractivity contribution in [2.45, 2.75) is 13.8 Å². The first-order valence-corrected chi connectivity index (χ1v) is 10.5. The van der Waals surface area contributed by atoms with Crippen molar-refractivity contribution in [3.05, 3.63) is 83.3 Å². The van der Waals surface area contributed by atoms with E-state index in [9.17, 15) is 4.79 Å². The first-order valence-electron chi connectivity index (χ1n) is 8.34. The van der Waals surface area contributed by atoms with Crippen LogP contribution in [0.3, 0.4) is 0 Å². The van der Waals surface area contributed by atoms with Crippen molar-refractivity contribution in [2.24, 2.45) is 11.8 Å². The van der Waals surface area contributed by atoms with Crippen LogP contribution in [0.1, 0.15) is 13.8 Å². The summed E-state index contributed by atoms with van der Waals surface area (Å²) >= 11 is -0.226. The molecule has 2 atom stereocenters. The van der Waals surface area contributed by atoms with Gasteiger partial charge in [-0.15, -0.1) is 0 Å². The first kappa shape index (κ1) is 14.6. The van der Waals surface area contributed by atoms with E-state index >= 15 is 0 Å². The van der Waals surface area contributed by atoms with E-state index in [1.54, 1.807) is 6.07 Å². The number of fused-ring (bicyclic) bond motifs is 4. The zero-order chi connectivity index (χ0) is 16.4. The minimum absolute atomic E-state index is 0.0680. The van der Waals surface area contributed by atoms with Crippen LogP contribution in [-0.4, -0.2) is 16.1 Å². The van der Waals surface area contributed by atoms with Crippen LogP contribution in [-0.2, 0) is 0 Å². The topological polar surface area (TPSA) is 26.9 Å². The van der Waals surface area contributed by atoms with Crippen molar-refractivity contribution in [3.63, 3.8) is 0 Å². The van der Waals surface area contributed by atoms with Crippen LogP contribution in [0.15, 0.2) is 77.7 Å². The fourth-order valence-electron chi connectivity index (χ4n) is 3.80. The SMILES string of the molecule is CC1C=CC2=C(C=C1)B1C3=C(C=CC(C)C=C3n3c(=O)ccn31)[I-]2. The van der Waals surface area contributed by atoms with E-state index in [4.69, 9.17) is 0 Å². The summed E-state index contributed by atoms with van der Waals surface area (Å²) in [4.78, 5) is 12.5. The molecular weight excluding hydrogens is 410 g/mol. The second-order valence-electron chi connectivity index (χ2n) is 6.76. The molecule has 0 N–H and O–H groups in total. The van der Waals surface area contributed by atoms with Gasteiger partial charge in [-0.25, -0.2) is 0 Å². The number of nitrogens with zero attached hydrogens (tertiary/aromatic N) is 2. The van der Waals surface area contributed by atoms with Gasteiger partial charge in [-0.3, -0.25) is 0 Å². The Hall–Kier alpha value is -1.76. The van der Waals surface area contributed by atoms with E-state index in [1.165, 1.54) is 18.1 Å². The van der Waals surface area contributed by atoms with Gasteiger partial charge in [0.05, 0.1) is 0 Å². The number of halogens is 1. The molecule has 0 saturated heterocycles. The van der Waals surface area contributed by atoms with Crippen LogP contribution in [0.2, 0.25) is 0 Å². The Morgan fingerprint density at radius 2 is 1.79 bits per heavy atom. The molecule has 2 aliphatic carbocycles. The van der Waals surface area contributed by atoms with Gasteiger partial charge in [-0.1, -0.05) is 0 Å². The van der Waals surface area contributed by atoms with Gasteiger partial charge in [0, 0.05) is 0 Å². The van der Waals surface area contributed by atoms with Gasteiger partial charge in [0.1, 0.15) is 0 Å². The van der Waals surface area contributed by atoms with E-state index in [-0.39, 0.29) is 33.6 Å². The summed E-state index contributed by atoms with van der Waals surface area (Å²) in [6, 6.07) is 1.68. The summed E-state index contributed by atoms with van der Waals surface area (Å²) in [6.07, 6.45) is 18.0. The third-order valence-corrected chi connectivity index (χ3v) is 8.06. The normalized spacial score (nSPS) is 27.2. The van der Waals surface area contributed by atoms with Gasteiger partial charge >= 0.3 is 152 Å². The van der Waals surface area contributed by atoms with Crippen LogP contribution < -0.4 is 26.8 Å². The average molecular weight is 427 g/mol. The van der Waals surface area contributed by atoms with Gasteiger partial charge in [0.15, 0.2) is 0 Å². The predicted molar refractivity (Wildman–Crippen MR) is 93.9 cm³/mol. The number of hydrogen-bond donors (Lipinski definition) is 0. The Labute approximate surface area is 151 Å². The van der Waals surface area contributed by atoms with Gasteiger partial charge in [0.2, 0.25) is 0 Å². The van der Waals surface area contributed by atoms with E-state index in [2.05, 4.69) is 61.0 Å². The maximum absolute atomic E-state index is 12.5. The van der Waals surface area contributed by atoms with E-state index in [1.807, 2.05) is 10.9 Å². The Morgan fingerprint density at radius 3 is 2.67 bits per heavy atom. The zero-order valence-electron chi connectivity index (χ0n) is 13.6. The fraction of sp³-hybridized carbons (Fsp3) is 0.211. The molecule has 0 aromatic carbocycles. The monoisotopic (exact) mass is 427 g/mol. The molecule has 0 radical (unpaired) electrons. The summed E-state index contributed by atoms with van der Waals surface area (Å²) in [6.45, 7) is 4.54. The summed E-state index contributed by atoms with van der Waals surface area (Å²) in [5.74, 6) is 0.799. The molecule has 0 saturated carbocycles. The Bertz CT molecular complexity index is 999. The van der Waals surface area contributed by atoms with Gasteiger partial charge in [-0.05, 0) is 0 Å². The summed E-state index contributed by atoms with van der Waals surface area (Å²) in [7, 11) is 0. The Morgan fingerprint density at radius 1 is 1.04 bits per heavy atom. The minimum atomic E-state index is -0.226. The van der Waals surface area contributed by atoms with E-state index in [0.29, 0.717) is 11.8 Å². The zero-order valence-corrected chi connectivity index (χ0v) is 15.8. The molecule has 0 fully saturated rings. The van der Waals surface area contributed by atoms with Gasteiger partial charge < -0.3 is 0 Å². The number of allylic oxidation sites excluding steroid dienone is 12. The van der Waals surface area contributed by atoms with Crippen LogP contribution >= 0.6 is 0 Å². The predicted octanol–water partition coefficient (Wildman–Crippen LogP) is 0.00110. The molecule has 0 spiro atoms. The van der Waals surface area contributed by atoms with Crippen molar-refractivity contribution in [2.75, 3.05) is 0 Å². The van der Waals surface area contributed by atoms with Crippen molar-refractivity contribution in [1.29, 1.82) is 0 Å². The molecule has 120 valence electrons. The summed E-state index contributed by atoms with van der Waals surface area (Å²) in [5.41, 5.74) is 3.90. The molecule has 0 bridgehead atoms. The van der Waals surface area contributed by atoms with Gasteiger partial charge in [-0.2, -0.15) is 0 Å². The number of aromatic nitrogens is 2. The molecule has 0 amide bonds. The van der Waals surface area contributed by atoms with Crippen LogP contribution in [0.25, 0.3) is 5.70 Å². The van der Waals surface area contributed by atoms with Crippen molar-refractivity contribution < 1.29 is 21.2 Å². The summed E-state index contributed by atoms with van der Waals surface area (Å²) in [5, 5.41) is 0. The molecule has 1 aromatic rings. The molecule has 1 aromatic heterocycles. The molecule has 4 aliphatic rings. The molecule has 24 heavy (non-hydrogen) atoms. The third-order valence-electron chi connectivity index (χ3n) is 4.98. The number of rotatable bonds is 0. The van der Waals surface area contributed by atoms with E-state index < -0.39 is 0 Å². The molecule has 5 heteroatoms. The maximum atomic E-state index is 12.5. The molecule has 2 aliphatic heterocycles. The Kier molecular flexibility index (Phi) is 3.11. The quantitative estimate of drug-likeness (QED) is 0.424. The van der Waals surface area contributed by atoms with Crippen molar-refractivity contribution in [3.8, 4) is 0 Å². The Balaban J connectivity index is 1.82. The third kappa shape index (κ3) is 1.94. The van der Waals surface area contributed by atoms with E-state index in [0.717, 1.165) is 5.70 Å². The molecule has 3 nitrogen and oxygen atoms in total. The standard InChI is InChI=1S/C19H17BIN2O/c1-12-3-6-14-15(7-4-12)21-16-8-5-13(2)11-17-19(16)20(14)22-10-9-18(24)23(17)22/h3-13H,1-2H3/q-1. The second-order valence-corrected chi connectivity index (χ2v) is 9.62. The molecule has 3 heterocycles. The second kappa shape index (κ2) is 5.12. The van der Waals surface area contributed by atoms with Crippen LogP contribution in [0, 0.1) is 11.8 Å². The first-order chi connectivity index (χ1) is 11.6. The van der Waals surface area contributed by atoms with Crippen LogP contribution in [0.4, 0.5) is 0 Å².